The fourth-order valence-corrected chi connectivity index (χ4v) is 1.94. The summed E-state index contributed by atoms with van der Waals surface area (Å²) in [6, 6.07) is 1.75. The molecule has 0 spiro atoms. The summed E-state index contributed by atoms with van der Waals surface area (Å²) in [6.45, 7) is 4.55. The zero-order chi connectivity index (χ0) is 13.1. The average molecular weight is 270 g/mol. The highest BCUT2D eigenvalue weighted by molar-refractivity contribution is 6.20. The van der Waals surface area contributed by atoms with Crippen molar-refractivity contribution in [2.24, 2.45) is 0 Å². The van der Waals surface area contributed by atoms with Crippen molar-refractivity contribution in [3.63, 3.8) is 0 Å². The monoisotopic (exact) mass is 269 g/mol. The van der Waals surface area contributed by atoms with Crippen LogP contribution in [0.4, 0.5) is 5.82 Å². The normalized spacial score (nSPS) is 12.8. The third-order valence-electron chi connectivity index (χ3n) is 2.65. The number of nitrogens with one attached hydrogen (secondary N) is 2. The molecule has 2 aromatic rings. The molecule has 0 fully saturated rings. The number of H-pyrrole nitrogens is 1. The lowest BCUT2D eigenvalue weighted by atomic mass is 10.2. The van der Waals surface area contributed by atoms with Crippen molar-refractivity contribution in [1.29, 1.82) is 0 Å². The number of aryl methyl sites for hydroxylation is 1. The lowest BCUT2D eigenvalue weighted by molar-refractivity contribution is 0.748. The van der Waals surface area contributed by atoms with Gasteiger partial charge in [0, 0.05) is 18.0 Å². The Bertz CT molecular complexity index is 589. The second kappa shape index (κ2) is 5.39. The second-order valence-electron chi connectivity index (χ2n) is 4.26. The molecule has 7 heteroatoms. The maximum atomic E-state index is 11.4. The number of halogens is 1. The van der Waals surface area contributed by atoms with Gasteiger partial charge < -0.3 is 5.32 Å². The molecule has 18 heavy (non-hydrogen) atoms. The van der Waals surface area contributed by atoms with Crippen molar-refractivity contribution < 1.29 is 0 Å². The molecule has 98 valence electrons. The largest absolute Gasteiger partial charge is 0.370 e. The highest BCUT2D eigenvalue weighted by atomic mass is 35.5. The average Bonchev–Trinajstić information content (AvgIpc) is 2.67. The Morgan fingerprint density at radius 2 is 2.39 bits per heavy atom. The van der Waals surface area contributed by atoms with E-state index >= 15 is 0 Å². The Kier molecular flexibility index (Phi) is 3.86. The molecule has 0 aliphatic heterocycles. The standard InChI is InChI=1S/C11H16ClN5O/c1-7(12)4-3-5-13-9-6-10-15-16-11(18)17(10)8(2)14-9/h6-7,13H,3-5H2,1-2H3,(H,16,18). The van der Waals surface area contributed by atoms with Crippen LogP contribution in [0.5, 0.6) is 0 Å². The molecule has 0 saturated carbocycles. The quantitative estimate of drug-likeness (QED) is 0.638. The Morgan fingerprint density at radius 3 is 3.11 bits per heavy atom. The minimum atomic E-state index is -0.266. The first-order valence-electron chi connectivity index (χ1n) is 5.90. The van der Waals surface area contributed by atoms with E-state index in [9.17, 15) is 4.79 Å². The number of aromatic nitrogens is 4. The number of fused-ring (bicyclic) bond motifs is 1. The fourth-order valence-electron chi connectivity index (χ4n) is 1.79. The van der Waals surface area contributed by atoms with E-state index in [-0.39, 0.29) is 11.1 Å². The van der Waals surface area contributed by atoms with Crippen LogP contribution >= 0.6 is 11.6 Å². The highest BCUT2D eigenvalue weighted by Gasteiger charge is 2.06. The molecular formula is C11H16ClN5O. The van der Waals surface area contributed by atoms with E-state index in [0.29, 0.717) is 11.5 Å². The van der Waals surface area contributed by atoms with Gasteiger partial charge in [-0.05, 0) is 26.7 Å². The van der Waals surface area contributed by atoms with Gasteiger partial charge in [0.1, 0.15) is 11.6 Å². The summed E-state index contributed by atoms with van der Waals surface area (Å²) in [7, 11) is 0. The van der Waals surface area contributed by atoms with Gasteiger partial charge in [-0.15, -0.1) is 11.6 Å². The molecular weight excluding hydrogens is 254 g/mol. The van der Waals surface area contributed by atoms with Crippen LogP contribution in [-0.4, -0.2) is 31.5 Å². The summed E-state index contributed by atoms with van der Waals surface area (Å²) in [6.07, 6.45) is 1.93. The van der Waals surface area contributed by atoms with Gasteiger partial charge in [-0.25, -0.2) is 19.3 Å². The van der Waals surface area contributed by atoms with Crippen LogP contribution in [0.2, 0.25) is 0 Å². The number of hydrogen-bond acceptors (Lipinski definition) is 4. The Balaban J connectivity index is 2.08. The van der Waals surface area contributed by atoms with Crippen LogP contribution in [0, 0.1) is 6.92 Å². The van der Waals surface area contributed by atoms with Gasteiger partial charge >= 0.3 is 5.69 Å². The SMILES string of the molecule is Cc1nc(NCCCC(C)Cl)cc2n[nH]c(=O)n12. The van der Waals surface area contributed by atoms with Crippen molar-refractivity contribution in [3.05, 3.63) is 22.4 Å². The maximum Gasteiger partial charge on any atom is 0.349 e. The van der Waals surface area contributed by atoms with Crippen molar-refractivity contribution >= 4 is 23.1 Å². The molecule has 2 heterocycles. The number of alkyl halides is 1. The third kappa shape index (κ3) is 2.81. The molecule has 2 rings (SSSR count). The predicted molar refractivity (Wildman–Crippen MR) is 71.4 cm³/mol. The molecule has 6 nitrogen and oxygen atoms in total. The lowest BCUT2D eigenvalue weighted by Gasteiger charge is -2.07. The van der Waals surface area contributed by atoms with Gasteiger partial charge in [0.25, 0.3) is 0 Å². The molecule has 0 amide bonds. The summed E-state index contributed by atoms with van der Waals surface area (Å²) in [4.78, 5) is 15.7. The maximum absolute atomic E-state index is 11.4. The minimum Gasteiger partial charge on any atom is -0.370 e. The van der Waals surface area contributed by atoms with Gasteiger partial charge in [-0.3, -0.25) is 0 Å². The van der Waals surface area contributed by atoms with Crippen molar-refractivity contribution in [1.82, 2.24) is 19.6 Å². The van der Waals surface area contributed by atoms with E-state index in [0.717, 1.165) is 25.2 Å². The minimum absolute atomic E-state index is 0.189. The Labute approximate surface area is 109 Å². The molecule has 0 aliphatic rings. The van der Waals surface area contributed by atoms with Crippen molar-refractivity contribution in [2.45, 2.75) is 32.1 Å². The van der Waals surface area contributed by atoms with E-state index in [1.807, 2.05) is 6.92 Å². The molecule has 0 bridgehead atoms. The molecule has 1 atom stereocenters. The summed E-state index contributed by atoms with van der Waals surface area (Å²) in [5.74, 6) is 1.33. The molecule has 2 N–H and O–H groups in total. The number of anilines is 1. The highest BCUT2D eigenvalue weighted by Crippen LogP contribution is 2.09. The zero-order valence-electron chi connectivity index (χ0n) is 10.4. The zero-order valence-corrected chi connectivity index (χ0v) is 11.2. The van der Waals surface area contributed by atoms with E-state index in [1.54, 1.807) is 13.0 Å². The molecule has 0 aliphatic carbocycles. The Morgan fingerprint density at radius 1 is 1.61 bits per heavy atom. The Hall–Kier alpha value is -1.56. The summed E-state index contributed by atoms with van der Waals surface area (Å²) in [5.41, 5.74) is 0.304. The smallest absolute Gasteiger partial charge is 0.349 e. The van der Waals surface area contributed by atoms with E-state index < -0.39 is 0 Å². The summed E-state index contributed by atoms with van der Waals surface area (Å²) in [5, 5.41) is 9.71. The van der Waals surface area contributed by atoms with Crippen LogP contribution in [0.3, 0.4) is 0 Å². The fraction of sp³-hybridized carbons (Fsp3) is 0.545. The number of rotatable bonds is 5. The van der Waals surface area contributed by atoms with Crippen LogP contribution in [-0.2, 0) is 0 Å². The number of aromatic amines is 1. The van der Waals surface area contributed by atoms with Crippen LogP contribution in [0.1, 0.15) is 25.6 Å². The van der Waals surface area contributed by atoms with E-state index in [1.165, 1.54) is 4.40 Å². The van der Waals surface area contributed by atoms with E-state index in [2.05, 4.69) is 20.5 Å². The first kappa shape index (κ1) is 12.9. The molecule has 0 aromatic carbocycles. The van der Waals surface area contributed by atoms with E-state index in [4.69, 9.17) is 11.6 Å². The second-order valence-corrected chi connectivity index (χ2v) is 5.01. The number of nitrogens with zero attached hydrogens (tertiary/aromatic N) is 3. The van der Waals surface area contributed by atoms with Crippen LogP contribution in [0.25, 0.3) is 5.65 Å². The summed E-state index contributed by atoms with van der Waals surface area (Å²) >= 11 is 5.87. The predicted octanol–water partition coefficient (Wildman–Crippen LogP) is 1.55. The van der Waals surface area contributed by atoms with Crippen molar-refractivity contribution in [3.8, 4) is 0 Å². The van der Waals surface area contributed by atoms with Gasteiger partial charge in [0.15, 0.2) is 5.65 Å². The summed E-state index contributed by atoms with van der Waals surface area (Å²) < 4.78 is 1.44. The first-order valence-corrected chi connectivity index (χ1v) is 6.34. The third-order valence-corrected chi connectivity index (χ3v) is 2.87. The van der Waals surface area contributed by atoms with Gasteiger partial charge in [0.05, 0.1) is 0 Å². The van der Waals surface area contributed by atoms with Crippen molar-refractivity contribution in [2.75, 3.05) is 11.9 Å². The molecule has 0 radical (unpaired) electrons. The van der Waals surface area contributed by atoms with Gasteiger partial charge in [-0.1, -0.05) is 0 Å². The molecule has 2 aromatic heterocycles. The van der Waals surface area contributed by atoms with Crippen LogP contribution in [0.15, 0.2) is 10.9 Å². The van der Waals surface area contributed by atoms with Gasteiger partial charge in [-0.2, -0.15) is 5.10 Å². The molecule has 1 unspecified atom stereocenters. The number of hydrogen-bond donors (Lipinski definition) is 2. The lowest BCUT2D eigenvalue weighted by Crippen LogP contribution is -2.14. The molecule has 0 saturated heterocycles. The first-order chi connectivity index (χ1) is 8.58. The van der Waals surface area contributed by atoms with Gasteiger partial charge in [0.2, 0.25) is 0 Å². The topological polar surface area (TPSA) is 75.1 Å². The van der Waals surface area contributed by atoms with Crippen LogP contribution < -0.4 is 11.0 Å².